The summed E-state index contributed by atoms with van der Waals surface area (Å²) in [6.07, 6.45) is 6.87. The Labute approximate surface area is 200 Å². The molecule has 0 spiro atoms. The first-order valence-corrected chi connectivity index (χ1v) is 11.2. The number of carbonyl (C=O) groups excluding carboxylic acids is 1. The number of nitrogens with zero attached hydrogens (tertiary/aromatic N) is 6. The zero-order chi connectivity index (χ0) is 24.1. The van der Waals surface area contributed by atoms with Crippen molar-refractivity contribution in [1.29, 1.82) is 0 Å². The molecule has 2 aromatic heterocycles. The molecule has 7 heteroatoms. The van der Waals surface area contributed by atoms with Crippen LogP contribution in [0, 0.1) is 0 Å². The minimum Gasteiger partial charge on any atom is -0.314 e. The van der Waals surface area contributed by atoms with Gasteiger partial charge in [-0.2, -0.15) is 0 Å². The number of ketones is 1. The lowest BCUT2D eigenvalue weighted by molar-refractivity contribution is -0.121. The van der Waals surface area contributed by atoms with E-state index in [0.717, 1.165) is 22.5 Å². The third kappa shape index (κ3) is 4.93. The molecule has 0 radical (unpaired) electrons. The van der Waals surface area contributed by atoms with Crippen molar-refractivity contribution in [3.8, 4) is 0 Å². The highest BCUT2D eigenvalue weighted by atomic mass is 16.1. The van der Waals surface area contributed by atoms with E-state index in [9.17, 15) is 4.79 Å². The van der Waals surface area contributed by atoms with E-state index < -0.39 is 0 Å². The topological polar surface area (TPSA) is 75.1 Å². The molecule has 0 aliphatic carbocycles. The standard InChI is InChI=1S/C27H28N6O/c1-19(21-7-11-23(12-8-21)32(3)26-28-15-5-16-29-26)25(34)20(2)22-9-13-24(14-10-22)33(4)27-30-17-6-18-31-27/h5-20H,1-4H3. The Morgan fingerprint density at radius 2 is 0.941 bits per heavy atom. The number of carbonyl (C=O) groups is 1. The van der Waals surface area contributed by atoms with Gasteiger partial charge in [0.15, 0.2) is 0 Å². The van der Waals surface area contributed by atoms with Crippen LogP contribution < -0.4 is 9.80 Å². The molecule has 4 aromatic rings. The molecule has 0 fully saturated rings. The fourth-order valence-electron chi connectivity index (χ4n) is 3.84. The van der Waals surface area contributed by atoms with Crippen LogP contribution in [0.4, 0.5) is 23.3 Å². The average molecular weight is 453 g/mol. The number of hydrogen-bond donors (Lipinski definition) is 0. The molecule has 0 bridgehead atoms. The van der Waals surface area contributed by atoms with Crippen LogP contribution in [-0.2, 0) is 4.79 Å². The molecule has 0 N–H and O–H groups in total. The van der Waals surface area contributed by atoms with Gasteiger partial charge in [0.2, 0.25) is 11.9 Å². The van der Waals surface area contributed by atoms with Gasteiger partial charge in [0.1, 0.15) is 5.78 Å². The second kappa shape index (κ2) is 10.2. The van der Waals surface area contributed by atoms with E-state index in [2.05, 4.69) is 19.9 Å². The quantitative estimate of drug-likeness (QED) is 0.360. The molecule has 2 heterocycles. The van der Waals surface area contributed by atoms with Crippen molar-refractivity contribution < 1.29 is 4.79 Å². The monoisotopic (exact) mass is 452 g/mol. The maximum Gasteiger partial charge on any atom is 0.229 e. The van der Waals surface area contributed by atoms with Crippen molar-refractivity contribution in [2.24, 2.45) is 0 Å². The number of rotatable bonds is 8. The van der Waals surface area contributed by atoms with E-state index in [-0.39, 0.29) is 17.6 Å². The van der Waals surface area contributed by atoms with Crippen LogP contribution in [-0.4, -0.2) is 39.8 Å². The Kier molecular flexibility index (Phi) is 6.92. The van der Waals surface area contributed by atoms with Crippen LogP contribution in [0.2, 0.25) is 0 Å². The maximum absolute atomic E-state index is 13.3. The van der Waals surface area contributed by atoms with E-state index >= 15 is 0 Å². The maximum atomic E-state index is 13.3. The summed E-state index contributed by atoms with van der Waals surface area (Å²) in [5.41, 5.74) is 3.90. The van der Waals surface area contributed by atoms with Crippen molar-refractivity contribution >= 4 is 29.1 Å². The zero-order valence-corrected chi connectivity index (χ0v) is 19.8. The molecule has 0 aliphatic heterocycles. The van der Waals surface area contributed by atoms with Gasteiger partial charge in [0.05, 0.1) is 0 Å². The molecule has 172 valence electrons. The van der Waals surface area contributed by atoms with Crippen LogP contribution in [0.5, 0.6) is 0 Å². The highest BCUT2D eigenvalue weighted by molar-refractivity contribution is 5.91. The fraction of sp³-hybridized carbons (Fsp3) is 0.222. The van der Waals surface area contributed by atoms with E-state index in [1.807, 2.05) is 86.3 Å². The summed E-state index contributed by atoms with van der Waals surface area (Å²) < 4.78 is 0. The van der Waals surface area contributed by atoms with Crippen LogP contribution >= 0.6 is 0 Å². The molecule has 2 atom stereocenters. The molecule has 2 unspecified atom stereocenters. The molecule has 0 aliphatic rings. The molecule has 0 saturated heterocycles. The van der Waals surface area contributed by atoms with Gasteiger partial charge in [-0.1, -0.05) is 38.1 Å². The highest BCUT2D eigenvalue weighted by Gasteiger charge is 2.23. The normalized spacial score (nSPS) is 12.6. The third-order valence-corrected chi connectivity index (χ3v) is 6.12. The SMILES string of the molecule is CC(C(=O)C(C)c1ccc(N(C)c2ncccn2)cc1)c1ccc(N(C)c2ncccn2)cc1. The summed E-state index contributed by atoms with van der Waals surface area (Å²) in [6, 6.07) is 19.6. The summed E-state index contributed by atoms with van der Waals surface area (Å²) in [4.78, 5) is 34.2. The molecule has 2 aromatic carbocycles. The first-order valence-electron chi connectivity index (χ1n) is 11.2. The second-order valence-electron chi connectivity index (χ2n) is 8.24. The Balaban J connectivity index is 1.44. The molecule has 0 amide bonds. The van der Waals surface area contributed by atoms with Crippen molar-refractivity contribution in [3.63, 3.8) is 0 Å². The summed E-state index contributed by atoms with van der Waals surface area (Å²) in [7, 11) is 3.85. The van der Waals surface area contributed by atoms with E-state index in [0.29, 0.717) is 11.9 Å². The van der Waals surface area contributed by atoms with Crippen LogP contribution in [0.3, 0.4) is 0 Å². The Morgan fingerprint density at radius 3 is 1.26 bits per heavy atom. The summed E-state index contributed by atoms with van der Waals surface area (Å²) in [6.45, 7) is 3.93. The minimum atomic E-state index is -0.220. The molecule has 34 heavy (non-hydrogen) atoms. The third-order valence-electron chi connectivity index (χ3n) is 6.12. The lowest BCUT2D eigenvalue weighted by atomic mass is 9.85. The van der Waals surface area contributed by atoms with Crippen LogP contribution in [0.1, 0.15) is 36.8 Å². The van der Waals surface area contributed by atoms with Gasteiger partial charge in [0, 0.05) is 62.1 Å². The predicted molar refractivity (Wildman–Crippen MR) is 135 cm³/mol. The summed E-state index contributed by atoms with van der Waals surface area (Å²) >= 11 is 0. The molecule has 4 rings (SSSR count). The fourth-order valence-corrected chi connectivity index (χ4v) is 3.84. The lowest BCUT2D eigenvalue weighted by Gasteiger charge is -2.21. The summed E-state index contributed by atoms with van der Waals surface area (Å²) in [5, 5.41) is 0. The van der Waals surface area contributed by atoms with Crippen molar-refractivity contribution in [3.05, 3.63) is 96.6 Å². The zero-order valence-electron chi connectivity index (χ0n) is 19.8. The largest absolute Gasteiger partial charge is 0.314 e. The van der Waals surface area contributed by atoms with Crippen molar-refractivity contribution in [2.75, 3.05) is 23.9 Å². The first kappa shape index (κ1) is 23.0. The number of hydrogen-bond acceptors (Lipinski definition) is 7. The van der Waals surface area contributed by atoms with Crippen molar-refractivity contribution in [1.82, 2.24) is 19.9 Å². The van der Waals surface area contributed by atoms with Gasteiger partial charge < -0.3 is 9.80 Å². The predicted octanol–water partition coefficient (Wildman–Crippen LogP) is 5.28. The number of anilines is 4. The molecular weight excluding hydrogens is 424 g/mol. The first-order chi connectivity index (χ1) is 16.5. The summed E-state index contributed by atoms with van der Waals surface area (Å²) in [5.74, 6) is 0.992. The average Bonchev–Trinajstić information content (AvgIpc) is 2.92. The van der Waals surface area contributed by atoms with Gasteiger partial charge in [-0.3, -0.25) is 4.79 Å². The van der Waals surface area contributed by atoms with Gasteiger partial charge in [-0.25, -0.2) is 19.9 Å². The van der Waals surface area contributed by atoms with Gasteiger partial charge in [-0.15, -0.1) is 0 Å². The van der Waals surface area contributed by atoms with Gasteiger partial charge in [0.25, 0.3) is 0 Å². The second-order valence-corrected chi connectivity index (χ2v) is 8.24. The Hall–Kier alpha value is -4.13. The van der Waals surface area contributed by atoms with E-state index in [4.69, 9.17) is 0 Å². The van der Waals surface area contributed by atoms with Crippen LogP contribution in [0.25, 0.3) is 0 Å². The molecule has 7 nitrogen and oxygen atoms in total. The van der Waals surface area contributed by atoms with Crippen LogP contribution in [0.15, 0.2) is 85.5 Å². The van der Waals surface area contributed by atoms with E-state index in [1.165, 1.54) is 0 Å². The number of Topliss-reactive ketones (excluding diaryl/α,β-unsaturated/α-hetero) is 1. The minimum absolute atomic E-state index is 0.181. The van der Waals surface area contributed by atoms with Gasteiger partial charge >= 0.3 is 0 Å². The highest BCUT2D eigenvalue weighted by Crippen LogP contribution is 2.30. The lowest BCUT2D eigenvalue weighted by Crippen LogP contribution is -2.17. The molecular formula is C27H28N6O. The van der Waals surface area contributed by atoms with E-state index in [1.54, 1.807) is 36.9 Å². The Bertz CT molecular complexity index is 1120. The molecule has 0 saturated carbocycles. The smallest absolute Gasteiger partial charge is 0.229 e. The number of benzene rings is 2. The Morgan fingerprint density at radius 1 is 0.618 bits per heavy atom. The number of aromatic nitrogens is 4. The van der Waals surface area contributed by atoms with Gasteiger partial charge in [-0.05, 0) is 47.5 Å². The van der Waals surface area contributed by atoms with Crippen molar-refractivity contribution in [2.45, 2.75) is 25.7 Å².